The summed E-state index contributed by atoms with van der Waals surface area (Å²) in [6.45, 7) is 2.61. The highest BCUT2D eigenvalue weighted by Gasteiger charge is 2.20. The molecule has 1 aromatic heterocycles. The molecule has 4 rings (SSSR count). The molecular formula is C23H30N4O2. The van der Waals surface area contributed by atoms with Crippen LogP contribution in [0.15, 0.2) is 36.0 Å². The Kier molecular flexibility index (Phi) is 6.17. The van der Waals surface area contributed by atoms with Gasteiger partial charge in [0.2, 0.25) is 5.95 Å². The van der Waals surface area contributed by atoms with Crippen LogP contribution in [0.4, 0.5) is 11.8 Å². The molecule has 6 heteroatoms. The van der Waals surface area contributed by atoms with Crippen LogP contribution in [-0.2, 0) is 13.0 Å². The topological polar surface area (TPSA) is 59.5 Å². The molecule has 154 valence electrons. The lowest BCUT2D eigenvalue weighted by atomic mass is 9.97. The second-order valence-corrected chi connectivity index (χ2v) is 7.67. The third-order valence-corrected chi connectivity index (χ3v) is 5.80. The molecule has 0 saturated carbocycles. The highest BCUT2D eigenvalue weighted by atomic mass is 16.5. The second kappa shape index (κ2) is 9.16. The minimum atomic E-state index is 0.706. The predicted octanol–water partition coefficient (Wildman–Crippen LogP) is 4.36. The summed E-state index contributed by atoms with van der Waals surface area (Å²) in [5, 5.41) is 3.40. The third-order valence-electron chi connectivity index (χ3n) is 5.80. The van der Waals surface area contributed by atoms with Crippen LogP contribution in [0.5, 0.6) is 11.5 Å². The second-order valence-electron chi connectivity index (χ2n) is 7.67. The molecule has 29 heavy (non-hydrogen) atoms. The van der Waals surface area contributed by atoms with Gasteiger partial charge in [-0.3, -0.25) is 0 Å². The minimum absolute atomic E-state index is 0.706. The van der Waals surface area contributed by atoms with E-state index in [1.165, 1.54) is 36.8 Å². The summed E-state index contributed by atoms with van der Waals surface area (Å²) < 4.78 is 10.9. The van der Waals surface area contributed by atoms with E-state index >= 15 is 0 Å². The van der Waals surface area contributed by atoms with E-state index in [2.05, 4.69) is 33.4 Å². The summed E-state index contributed by atoms with van der Waals surface area (Å²) >= 11 is 0. The molecule has 1 N–H and O–H groups in total. The Morgan fingerprint density at radius 3 is 2.66 bits per heavy atom. The summed E-state index contributed by atoms with van der Waals surface area (Å²) in [6, 6.07) is 6.16. The lowest BCUT2D eigenvalue weighted by Crippen LogP contribution is -2.31. The number of benzene rings is 1. The molecule has 1 aromatic carbocycles. The summed E-state index contributed by atoms with van der Waals surface area (Å²) in [6.07, 6.45) is 11.4. The SMILES string of the molecule is COc1cc2c(cc1OC)CN(c1ccnc(NCCC3=CCCCC3)n1)CC2. The molecule has 0 bridgehead atoms. The van der Waals surface area contributed by atoms with Crippen LogP contribution in [0, 0.1) is 0 Å². The van der Waals surface area contributed by atoms with E-state index in [0.29, 0.717) is 5.95 Å². The maximum Gasteiger partial charge on any atom is 0.224 e. The number of methoxy groups -OCH3 is 2. The molecule has 0 radical (unpaired) electrons. The van der Waals surface area contributed by atoms with Gasteiger partial charge in [0.05, 0.1) is 14.2 Å². The highest BCUT2D eigenvalue weighted by molar-refractivity contribution is 5.52. The highest BCUT2D eigenvalue weighted by Crippen LogP contribution is 2.34. The first-order valence-electron chi connectivity index (χ1n) is 10.5. The van der Waals surface area contributed by atoms with Gasteiger partial charge in [0.25, 0.3) is 0 Å². The van der Waals surface area contributed by atoms with Crippen molar-refractivity contribution in [3.8, 4) is 11.5 Å². The average molecular weight is 395 g/mol. The Morgan fingerprint density at radius 2 is 1.90 bits per heavy atom. The van der Waals surface area contributed by atoms with Gasteiger partial charge in [0, 0.05) is 25.8 Å². The smallest absolute Gasteiger partial charge is 0.224 e. The monoisotopic (exact) mass is 394 g/mol. The fourth-order valence-electron chi connectivity index (χ4n) is 4.16. The predicted molar refractivity (Wildman–Crippen MR) is 116 cm³/mol. The number of anilines is 2. The standard InChI is InChI=1S/C23H30N4O2/c1-28-20-14-18-10-13-27(16-19(18)15-21(20)29-2)22-9-12-25-23(26-22)24-11-8-17-6-4-3-5-7-17/h6,9,12,14-15H,3-5,7-8,10-11,13,16H2,1-2H3,(H,24,25,26). The number of rotatable bonds is 7. The summed E-state index contributed by atoms with van der Waals surface area (Å²) in [5.41, 5.74) is 4.13. The Labute approximate surface area is 173 Å². The fraction of sp³-hybridized carbons (Fsp3) is 0.478. The Morgan fingerprint density at radius 1 is 1.07 bits per heavy atom. The van der Waals surface area contributed by atoms with Crippen LogP contribution < -0.4 is 19.7 Å². The number of hydrogen-bond acceptors (Lipinski definition) is 6. The van der Waals surface area contributed by atoms with Crippen molar-refractivity contribution in [2.24, 2.45) is 0 Å². The molecule has 2 aromatic rings. The molecule has 0 spiro atoms. The van der Waals surface area contributed by atoms with Crippen molar-refractivity contribution in [2.45, 2.75) is 45.1 Å². The largest absolute Gasteiger partial charge is 0.493 e. The Hall–Kier alpha value is -2.76. The van der Waals surface area contributed by atoms with Crippen molar-refractivity contribution in [2.75, 3.05) is 37.5 Å². The first kappa shape index (κ1) is 19.6. The minimum Gasteiger partial charge on any atom is -0.493 e. The van der Waals surface area contributed by atoms with Gasteiger partial charge in [0.15, 0.2) is 11.5 Å². The van der Waals surface area contributed by atoms with Crippen LogP contribution in [0.25, 0.3) is 0 Å². The Balaban J connectivity index is 1.41. The molecule has 1 aliphatic carbocycles. The van der Waals surface area contributed by atoms with Gasteiger partial charge < -0.3 is 19.7 Å². The lowest BCUT2D eigenvalue weighted by molar-refractivity contribution is 0.353. The number of nitrogens with zero attached hydrogens (tertiary/aromatic N) is 3. The number of hydrogen-bond donors (Lipinski definition) is 1. The molecule has 2 aliphatic rings. The van der Waals surface area contributed by atoms with E-state index in [4.69, 9.17) is 14.5 Å². The maximum absolute atomic E-state index is 5.47. The fourth-order valence-corrected chi connectivity index (χ4v) is 4.16. The summed E-state index contributed by atoms with van der Waals surface area (Å²) in [4.78, 5) is 11.5. The molecular weight excluding hydrogens is 364 g/mol. The zero-order valence-electron chi connectivity index (χ0n) is 17.4. The van der Waals surface area contributed by atoms with Gasteiger partial charge in [-0.1, -0.05) is 11.6 Å². The zero-order valence-corrected chi connectivity index (χ0v) is 17.4. The summed E-state index contributed by atoms with van der Waals surface area (Å²) in [7, 11) is 3.36. The maximum atomic E-state index is 5.47. The third kappa shape index (κ3) is 4.63. The van der Waals surface area contributed by atoms with E-state index in [9.17, 15) is 0 Å². The van der Waals surface area contributed by atoms with Crippen molar-refractivity contribution in [1.29, 1.82) is 0 Å². The van der Waals surface area contributed by atoms with Gasteiger partial charge >= 0.3 is 0 Å². The molecule has 0 unspecified atom stereocenters. The Bertz CT molecular complexity index is 881. The van der Waals surface area contributed by atoms with E-state index < -0.39 is 0 Å². The summed E-state index contributed by atoms with van der Waals surface area (Å²) in [5.74, 6) is 3.23. The van der Waals surface area contributed by atoms with Crippen LogP contribution in [0.2, 0.25) is 0 Å². The molecule has 0 amide bonds. The normalized spacial score (nSPS) is 16.1. The molecule has 6 nitrogen and oxygen atoms in total. The molecule has 0 atom stereocenters. The van der Waals surface area contributed by atoms with Gasteiger partial charge in [-0.15, -0.1) is 0 Å². The van der Waals surface area contributed by atoms with E-state index in [0.717, 1.165) is 49.8 Å². The molecule has 0 saturated heterocycles. The number of ether oxygens (including phenoxy) is 2. The molecule has 2 heterocycles. The van der Waals surface area contributed by atoms with Crippen LogP contribution >= 0.6 is 0 Å². The van der Waals surface area contributed by atoms with Crippen LogP contribution in [-0.4, -0.2) is 37.3 Å². The van der Waals surface area contributed by atoms with Gasteiger partial charge in [-0.05, 0) is 67.9 Å². The van der Waals surface area contributed by atoms with Crippen LogP contribution in [0.3, 0.4) is 0 Å². The number of fused-ring (bicyclic) bond motifs is 1. The van der Waals surface area contributed by atoms with E-state index in [-0.39, 0.29) is 0 Å². The van der Waals surface area contributed by atoms with Crippen molar-refractivity contribution < 1.29 is 9.47 Å². The number of nitrogens with one attached hydrogen (secondary N) is 1. The number of allylic oxidation sites excluding steroid dienone is 1. The van der Waals surface area contributed by atoms with Crippen LogP contribution in [0.1, 0.15) is 43.2 Å². The quantitative estimate of drug-likeness (QED) is 0.704. The molecule has 0 fully saturated rings. The first-order valence-corrected chi connectivity index (χ1v) is 10.5. The van der Waals surface area contributed by atoms with Crippen molar-refractivity contribution in [1.82, 2.24) is 9.97 Å². The van der Waals surface area contributed by atoms with Gasteiger partial charge in [0.1, 0.15) is 5.82 Å². The van der Waals surface area contributed by atoms with Crippen molar-refractivity contribution in [3.63, 3.8) is 0 Å². The van der Waals surface area contributed by atoms with Crippen molar-refractivity contribution >= 4 is 11.8 Å². The van der Waals surface area contributed by atoms with Gasteiger partial charge in [-0.2, -0.15) is 4.98 Å². The molecule has 1 aliphatic heterocycles. The van der Waals surface area contributed by atoms with E-state index in [1.807, 2.05) is 12.3 Å². The zero-order chi connectivity index (χ0) is 20.1. The lowest BCUT2D eigenvalue weighted by Gasteiger charge is -2.30. The van der Waals surface area contributed by atoms with Crippen molar-refractivity contribution in [3.05, 3.63) is 47.2 Å². The first-order chi connectivity index (χ1) is 14.3. The average Bonchev–Trinajstić information content (AvgIpc) is 2.78. The van der Waals surface area contributed by atoms with E-state index in [1.54, 1.807) is 19.8 Å². The number of aromatic nitrogens is 2. The van der Waals surface area contributed by atoms with Gasteiger partial charge in [-0.25, -0.2) is 4.98 Å².